The van der Waals surface area contributed by atoms with Gasteiger partial charge in [-0.1, -0.05) is 48.5 Å². The topological polar surface area (TPSA) is 46.5 Å². The molecule has 2 aromatic carbocycles. The van der Waals surface area contributed by atoms with Crippen LogP contribution in [0.4, 0.5) is 0 Å². The fraction of sp³-hybridized carbons (Fsp3) is 0.0625. The smallest absolute Gasteiger partial charge is 0.373 e. The molecule has 0 heterocycles. The Balaban J connectivity index is 2.44. The highest BCUT2D eigenvalue weighted by molar-refractivity contribution is 8.07. The number of rotatable bonds is 5. The van der Waals surface area contributed by atoms with Crippen molar-refractivity contribution in [3.63, 3.8) is 0 Å². The van der Waals surface area contributed by atoms with E-state index in [0.717, 1.165) is 5.56 Å². The van der Waals surface area contributed by atoms with Crippen molar-refractivity contribution in [1.29, 1.82) is 0 Å². The van der Waals surface area contributed by atoms with Crippen molar-refractivity contribution >= 4 is 22.6 Å². The fourth-order valence-electron chi connectivity index (χ4n) is 1.72. The first-order valence-corrected chi connectivity index (χ1v) is 7.24. The summed E-state index contributed by atoms with van der Waals surface area (Å²) in [4.78, 5) is 12.1. The largest absolute Gasteiger partial charge is 0.475 e. The lowest BCUT2D eigenvalue weighted by molar-refractivity contribution is -0.134. The summed E-state index contributed by atoms with van der Waals surface area (Å²) in [6.07, 6.45) is 1.83. The molecule has 0 aromatic heterocycles. The van der Waals surface area contributed by atoms with Crippen LogP contribution in [-0.4, -0.2) is 17.3 Å². The molecule has 3 nitrogen and oxygen atoms in total. The van der Waals surface area contributed by atoms with Crippen molar-refractivity contribution in [2.75, 3.05) is 6.26 Å². The highest BCUT2D eigenvalue weighted by Gasteiger charge is 2.18. The van der Waals surface area contributed by atoms with Crippen LogP contribution in [0.1, 0.15) is 5.56 Å². The Morgan fingerprint density at radius 3 is 2.05 bits per heavy atom. The number of hydrogen-bond acceptors (Lipinski definition) is 3. The molecular weight excluding hydrogens is 272 g/mol. The molecular formula is C16H14O3S. The standard InChI is InChI=1S/C16H14O3S/c1-20-15(12-8-4-2-5-9-12)14(16(17)18)19-13-10-6-3-7-11-13/h2-11H,1H3,(H,17,18). The number of thioether (sulfide) groups is 1. The summed E-state index contributed by atoms with van der Waals surface area (Å²) in [5.41, 5.74) is 0.827. The monoisotopic (exact) mass is 286 g/mol. The molecule has 20 heavy (non-hydrogen) atoms. The van der Waals surface area contributed by atoms with E-state index < -0.39 is 5.97 Å². The molecule has 0 aliphatic rings. The highest BCUT2D eigenvalue weighted by Crippen LogP contribution is 2.30. The van der Waals surface area contributed by atoms with E-state index in [4.69, 9.17) is 4.74 Å². The molecule has 0 amide bonds. The number of ether oxygens (including phenoxy) is 1. The summed E-state index contributed by atoms with van der Waals surface area (Å²) in [7, 11) is 0. The van der Waals surface area contributed by atoms with Crippen LogP contribution < -0.4 is 4.74 Å². The van der Waals surface area contributed by atoms with Gasteiger partial charge in [0.1, 0.15) is 5.75 Å². The van der Waals surface area contributed by atoms with Crippen LogP contribution in [0.25, 0.3) is 4.91 Å². The van der Waals surface area contributed by atoms with Crippen LogP contribution in [0.3, 0.4) is 0 Å². The molecule has 0 unspecified atom stereocenters. The Labute approximate surface area is 121 Å². The Hall–Kier alpha value is -2.20. The summed E-state index contributed by atoms with van der Waals surface area (Å²) in [6, 6.07) is 18.3. The first-order valence-electron chi connectivity index (χ1n) is 6.02. The zero-order chi connectivity index (χ0) is 14.4. The minimum absolute atomic E-state index is 0.0603. The van der Waals surface area contributed by atoms with E-state index in [0.29, 0.717) is 10.7 Å². The van der Waals surface area contributed by atoms with E-state index in [9.17, 15) is 9.90 Å². The number of aliphatic carboxylic acids is 1. The van der Waals surface area contributed by atoms with Crippen LogP contribution in [0.5, 0.6) is 5.75 Å². The summed E-state index contributed by atoms with van der Waals surface area (Å²) < 4.78 is 5.54. The van der Waals surface area contributed by atoms with E-state index in [1.54, 1.807) is 24.3 Å². The van der Waals surface area contributed by atoms with Crippen LogP contribution >= 0.6 is 11.8 Å². The lowest BCUT2D eigenvalue weighted by Crippen LogP contribution is -2.10. The molecule has 0 aliphatic heterocycles. The Morgan fingerprint density at radius 2 is 1.55 bits per heavy atom. The van der Waals surface area contributed by atoms with Crippen molar-refractivity contribution in [2.24, 2.45) is 0 Å². The van der Waals surface area contributed by atoms with Crippen molar-refractivity contribution in [3.8, 4) is 5.75 Å². The quantitative estimate of drug-likeness (QED) is 0.669. The summed E-state index contributed by atoms with van der Waals surface area (Å²) >= 11 is 1.35. The molecule has 2 rings (SSSR count). The van der Waals surface area contributed by atoms with Gasteiger partial charge in [-0.2, -0.15) is 0 Å². The molecule has 0 spiro atoms. The van der Waals surface area contributed by atoms with Crippen molar-refractivity contribution < 1.29 is 14.6 Å². The van der Waals surface area contributed by atoms with E-state index >= 15 is 0 Å². The first kappa shape index (κ1) is 14.2. The molecule has 0 fully saturated rings. The SMILES string of the molecule is CSC(=C(Oc1ccccc1)C(=O)O)c1ccccc1. The summed E-state index contributed by atoms with van der Waals surface area (Å²) in [6.45, 7) is 0. The van der Waals surface area contributed by atoms with Gasteiger partial charge in [0.25, 0.3) is 0 Å². The fourth-order valence-corrected chi connectivity index (χ4v) is 2.41. The normalized spacial score (nSPS) is 11.7. The van der Waals surface area contributed by atoms with Gasteiger partial charge in [0.05, 0.1) is 4.91 Å². The number of carboxylic acids is 1. The van der Waals surface area contributed by atoms with Crippen LogP contribution in [0.15, 0.2) is 66.4 Å². The molecule has 1 N–H and O–H groups in total. The number of carbonyl (C=O) groups is 1. The van der Waals surface area contributed by atoms with E-state index in [-0.39, 0.29) is 5.76 Å². The molecule has 4 heteroatoms. The molecule has 0 atom stereocenters. The predicted octanol–water partition coefficient (Wildman–Crippen LogP) is 3.88. The van der Waals surface area contributed by atoms with Crippen molar-refractivity contribution in [1.82, 2.24) is 0 Å². The average Bonchev–Trinajstić information content (AvgIpc) is 2.49. The summed E-state index contributed by atoms with van der Waals surface area (Å²) in [5, 5.41) is 9.40. The maximum absolute atomic E-state index is 11.5. The third-order valence-corrected chi connectivity index (χ3v) is 3.43. The van der Waals surface area contributed by atoms with Crippen LogP contribution in [-0.2, 0) is 4.79 Å². The van der Waals surface area contributed by atoms with E-state index in [1.807, 2.05) is 42.7 Å². The molecule has 0 bridgehead atoms. The van der Waals surface area contributed by atoms with Crippen LogP contribution in [0.2, 0.25) is 0 Å². The maximum Gasteiger partial charge on any atom is 0.373 e. The van der Waals surface area contributed by atoms with E-state index in [1.165, 1.54) is 11.8 Å². The Morgan fingerprint density at radius 1 is 1.00 bits per heavy atom. The molecule has 0 saturated heterocycles. The molecule has 0 saturated carbocycles. The van der Waals surface area contributed by atoms with Crippen molar-refractivity contribution in [3.05, 3.63) is 72.0 Å². The summed E-state index contributed by atoms with van der Waals surface area (Å²) in [5.74, 6) is -0.635. The van der Waals surface area contributed by atoms with Gasteiger partial charge < -0.3 is 9.84 Å². The zero-order valence-electron chi connectivity index (χ0n) is 10.9. The second-order valence-corrected chi connectivity index (χ2v) is 4.77. The van der Waals surface area contributed by atoms with Crippen LogP contribution in [0, 0.1) is 0 Å². The maximum atomic E-state index is 11.5. The minimum Gasteiger partial charge on any atom is -0.475 e. The van der Waals surface area contributed by atoms with Gasteiger partial charge in [0, 0.05) is 0 Å². The Kier molecular flexibility index (Phi) is 4.85. The Bertz CT molecular complexity index is 606. The lowest BCUT2D eigenvalue weighted by atomic mass is 10.2. The zero-order valence-corrected chi connectivity index (χ0v) is 11.8. The van der Waals surface area contributed by atoms with Gasteiger partial charge in [0.2, 0.25) is 5.76 Å². The number of benzene rings is 2. The van der Waals surface area contributed by atoms with Gasteiger partial charge in [0.15, 0.2) is 0 Å². The third-order valence-electron chi connectivity index (χ3n) is 2.60. The number of hydrogen-bond donors (Lipinski definition) is 1. The molecule has 0 radical (unpaired) electrons. The molecule has 0 aliphatic carbocycles. The predicted molar refractivity (Wildman–Crippen MR) is 81.6 cm³/mol. The second kappa shape index (κ2) is 6.82. The van der Waals surface area contributed by atoms with Gasteiger partial charge in [-0.3, -0.25) is 0 Å². The van der Waals surface area contributed by atoms with Gasteiger partial charge in [-0.15, -0.1) is 11.8 Å². The number of carboxylic acid groups (broad SMARTS) is 1. The van der Waals surface area contributed by atoms with Gasteiger partial charge in [-0.25, -0.2) is 4.79 Å². The third kappa shape index (κ3) is 3.42. The molecule has 102 valence electrons. The molecule has 2 aromatic rings. The van der Waals surface area contributed by atoms with Crippen molar-refractivity contribution in [2.45, 2.75) is 0 Å². The van der Waals surface area contributed by atoms with Gasteiger partial charge in [-0.05, 0) is 24.0 Å². The number of para-hydroxylation sites is 1. The second-order valence-electron chi connectivity index (χ2n) is 3.95. The minimum atomic E-state index is -1.08. The highest BCUT2D eigenvalue weighted by atomic mass is 32.2. The van der Waals surface area contributed by atoms with E-state index in [2.05, 4.69) is 0 Å². The first-order chi connectivity index (χ1) is 9.72. The van der Waals surface area contributed by atoms with Gasteiger partial charge >= 0.3 is 5.97 Å². The average molecular weight is 286 g/mol. The lowest BCUT2D eigenvalue weighted by Gasteiger charge is -2.11.